The van der Waals surface area contributed by atoms with E-state index in [1.807, 2.05) is 0 Å². The van der Waals surface area contributed by atoms with Crippen molar-refractivity contribution < 1.29 is 19.4 Å². The predicted octanol–water partition coefficient (Wildman–Crippen LogP) is 0.759. The van der Waals surface area contributed by atoms with Crippen molar-refractivity contribution >= 4 is 5.78 Å². The minimum atomic E-state index is -0.954. The number of carbonyl (C=O) groups is 1. The quantitative estimate of drug-likeness (QED) is 0.773. The van der Waals surface area contributed by atoms with E-state index in [9.17, 15) is 9.90 Å². The molecule has 5 unspecified atom stereocenters. The van der Waals surface area contributed by atoms with Crippen molar-refractivity contribution in [3.05, 3.63) is 12.2 Å². The van der Waals surface area contributed by atoms with E-state index >= 15 is 0 Å². The summed E-state index contributed by atoms with van der Waals surface area (Å²) in [5.74, 6) is 0.779. The summed E-state index contributed by atoms with van der Waals surface area (Å²) in [4.78, 5) is 14.9. The van der Waals surface area contributed by atoms with Crippen LogP contribution in [0.5, 0.6) is 0 Å². The third-order valence-corrected chi connectivity index (χ3v) is 7.66. The maximum atomic E-state index is 12.6. The molecule has 5 aliphatic rings. The lowest BCUT2D eigenvalue weighted by Crippen LogP contribution is -2.75. The van der Waals surface area contributed by atoms with E-state index in [2.05, 4.69) is 11.9 Å². The molecule has 2 heterocycles. The minimum Gasteiger partial charge on any atom is -0.383 e. The van der Waals surface area contributed by atoms with Gasteiger partial charge in [-0.25, -0.2) is 0 Å². The SMILES string of the molecule is COC1CCC2CC3N(C)CC[C@]45C2C1O[C@H]4C(=O)C=C[C@@]35O. The van der Waals surface area contributed by atoms with Crippen LogP contribution in [0.1, 0.15) is 25.7 Å². The van der Waals surface area contributed by atoms with Crippen LogP contribution in [0.4, 0.5) is 0 Å². The number of hydrogen-bond acceptors (Lipinski definition) is 5. The van der Waals surface area contributed by atoms with Gasteiger partial charge < -0.3 is 19.5 Å². The first kappa shape index (κ1) is 14.6. The van der Waals surface area contributed by atoms with Gasteiger partial charge in [-0.15, -0.1) is 0 Å². The number of likely N-dealkylation sites (tertiary alicyclic amines) is 1. The maximum absolute atomic E-state index is 12.6. The zero-order chi connectivity index (χ0) is 16.0. The monoisotopic (exact) mass is 319 g/mol. The largest absolute Gasteiger partial charge is 0.383 e. The second-order valence-electron chi connectivity index (χ2n) is 8.20. The predicted molar refractivity (Wildman–Crippen MR) is 82.9 cm³/mol. The fourth-order valence-electron chi connectivity index (χ4n) is 6.75. The van der Waals surface area contributed by atoms with Crippen LogP contribution in [-0.4, -0.2) is 66.4 Å². The summed E-state index contributed by atoms with van der Waals surface area (Å²) in [7, 11) is 3.84. The van der Waals surface area contributed by atoms with Crippen LogP contribution in [0.3, 0.4) is 0 Å². The Balaban J connectivity index is 1.72. The van der Waals surface area contributed by atoms with Crippen LogP contribution in [0.2, 0.25) is 0 Å². The zero-order valence-electron chi connectivity index (χ0n) is 13.8. The van der Waals surface area contributed by atoms with Gasteiger partial charge in [0.1, 0.15) is 11.7 Å². The van der Waals surface area contributed by atoms with Crippen molar-refractivity contribution in [3.8, 4) is 0 Å². The third-order valence-electron chi connectivity index (χ3n) is 7.66. The van der Waals surface area contributed by atoms with E-state index in [-0.39, 0.29) is 30.0 Å². The van der Waals surface area contributed by atoms with Gasteiger partial charge >= 0.3 is 0 Å². The fraction of sp³-hybridized carbons (Fsp3) is 0.833. The molecular weight excluding hydrogens is 294 g/mol. The lowest BCUT2D eigenvalue weighted by molar-refractivity contribution is -0.215. The number of piperidine rings is 1. The Morgan fingerprint density at radius 2 is 2.26 bits per heavy atom. The number of aliphatic hydroxyl groups is 1. The molecule has 1 spiro atoms. The highest BCUT2D eigenvalue weighted by atomic mass is 16.6. The molecule has 2 aliphatic heterocycles. The Hall–Kier alpha value is -0.750. The van der Waals surface area contributed by atoms with Crippen LogP contribution in [0.15, 0.2) is 12.2 Å². The van der Waals surface area contributed by atoms with Gasteiger partial charge in [0, 0.05) is 24.5 Å². The van der Waals surface area contributed by atoms with E-state index in [0.717, 1.165) is 32.2 Å². The highest BCUT2D eigenvalue weighted by Gasteiger charge is 2.76. The highest BCUT2D eigenvalue weighted by molar-refractivity contribution is 5.96. The summed E-state index contributed by atoms with van der Waals surface area (Å²) in [6.45, 7) is 0.918. The summed E-state index contributed by atoms with van der Waals surface area (Å²) in [5, 5.41) is 11.7. The minimum absolute atomic E-state index is 0.0304. The van der Waals surface area contributed by atoms with E-state index < -0.39 is 17.1 Å². The molecule has 3 aliphatic carbocycles. The molecule has 1 N–H and O–H groups in total. The van der Waals surface area contributed by atoms with Gasteiger partial charge in [0.25, 0.3) is 0 Å². The molecule has 8 atom stereocenters. The van der Waals surface area contributed by atoms with Crippen molar-refractivity contribution in [1.82, 2.24) is 4.90 Å². The number of nitrogens with zero attached hydrogens (tertiary/aromatic N) is 1. The van der Waals surface area contributed by atoms with Gasteiger partial charge in [0.05, 0.1) is 12.2 Å². The first-order valence-corrected chi connectivity index (χ1v) is 8.87. The number of ether oxygens (including phenoxy) is 2. The van der Waals surface area contributed by atoms with Crippen molar-refractivity contribution in [2.45, 2.75) is 55.6 Å². The van der Waals surface area contributed by atoms with Crippen LogP contribution in [0.25, 0.3) is 0 Å². The summed E-state index contributed by atoms with van der Waals surface area (Å²) in [5.41, 5.74) is -1.41. The highest BCUT2D eigenvalue weighted by Crippen LogP contribution is 2.67. The Morgan fingerprint density at radius 3 is 3.04 bits per heavy atom. The van der Waals surface area contributed by atoms with Crippen molar-refractivity contribution in [3.63, 3.8) is 0 Å². The van der Waals surface area contributed by atoms with Crippen LogP contribution in [-0.2, 0) is 14.3 Å². The number of methoxy groups -OCH3 is 1. The van der Waals surface area contributed by atoms with Gasteiger partial charge in [0.2, 0.25) is 0 Å². The smallest absolute Gasteiger partial charge is 0.184 e. The summed E-state index contributed by atoms with van der Waals surface area (Å²) >= 11 is 0. The van der Waals surface area contributed by atoms with E-state index in [0.29, 0.717) is 5.92 Å². The van der Waals surface area contributed by atoms with Gasteiger partial charge in [-0.3, -0.25) is 4.79 Å². The Kier molecular flexibility index (Phi) is 2.82. The topological polar surface area (TPSA) is 59.0 Å². The standard InChI is InChI=1S/C18H25NO4/c1-19-8-7-17-14-10-3-4-12(22-2)15(14)23-16(17)11(20)5-6-18(17,21)13(19)9-10/h5-6,10,12-16,21H,3-4,7-9H2,1-2H3/t10?,12?,13?,14?,15?,16-,17-,18+/m0/s1. The maximum Gasteiger partial charge on any atom is 0.184 e. The van der Waals surface area contributed by atoms with E-state index in [4.69, 9.17) is 9.47 Å². The average Bonchev–Trinajstić information content (AvgIpc) is 2.90. The van der Waals surface area contributed by atoms with E-state index in [1.165, 1.54) is 0 Å². The number of rotatable bonds is 1. The molecule has 2 saturated carbocycles. The lowest BCUT2D eigenvalue weighted by Gasteiger charge is -2.65. The summed E-state index contributed by atoms with van der Waals surface area (Å²) in [6, 6.07) is 0.0887. The number of ketones is 1. The molecule has 126 valence electrons. The van der Waals surface area contributed by atoms with Crippen LogP contribution in [0, 0.1) is 17.3 Å². The second kappa shape index (κ2) is 4.45. The second-order valence-corrected chi connectivity index (χ2v) is 8.20. The number of carbonyl (C=O) groups excluding carboxylic acids is 1. The van der Waals surface area contributed by atoms with Crippen LogP contribution < -0.4 is 0 Å². The summed E-state index contributed by atoms with van der Waals surface area (Å²) in [6.07, 6.45) is 6.76. The van der Waals surface area contributed by atoms with Gasteiger partial charge in [-0.1, -0.05) is 0 Å². The molecule has 23 heavy (non-hydrogen) atoms. The van der Waals surface area contributed by atoms with Crippen LogP contribution >= 0.6 is 0 Å². The Labute approximate surface area is 136 Å². The molecule has 2 bridgehead atoms. The van der Waals surface area contributed by atoms with Gasteiger partial charge in [-0.05, 0) is 57.3 Å². The van der Waals surface area contributed by atoms with Gasteiger partial charge in [0.15, 0.2) is 5.78 Å². The average molecular weight is 319 g/mol. The number of hydrogen-bond donors (Lipinski definition) is 1. The van der Waals surface area contributed by atoms with E-state index in [1.54, 1.807) is 19.3 Å². The van der Waals surface area contributed by atoms with Gasteiger partial charge in [-0.2, -0.15) is 0 Å². The lowest BCUT2D eigenvalue weighted by atomic mass is 9.44. The zero-order valence-corrected chi connectivity index (χ0v) is 13.8. The Bertz CT molecular complexity index is 592. The van der Waals surface area contributed by atoms with Crippen molar-refractivity contribution in [1.29, 1.82) is 0 Å². The molecular formula is C18H25NO4. The Morgan fingerprint density at radius 1 is 1.43 bits per heavy atom. The molecule has 0 amide bonds. The molecule has 4 fully saturated rings. The first-order chi connectivity index (χ1) is 11.0. The molecule has 5 nitrogen and oxygen atoms in total. The molecule has 0 aromatic carbocycles. The normalized spacial score (nSPS) is 57.4. The first-order valence-electron chi connectivity index (χ1n) is 8.87. The fourth-order valence-corrected chi connectivity index (χ4v) is 6.75. The molecule has 5 heteroatoms. The van der Waals surface area contributed by atoms with Crippen molar-refractivity contribution in [2.75, 3.05) is 20.7 Å². The molecule has 2 saturated heterocycles. The molecule has 0 aromatic heterocycles. The summed E-state index contributed by atoms with van der Waals surface area (Å²) < 4.78 is 12.0. The third kappa shape index (κ3) is 1.47. The van der Waals surface area contributed by atoms with Crippen molar-refractivity contribution in [2.24, 2.45) is 17.3 Å². The molecule has 0 radical (unpaired) electrons. The molecule has 0 aromatic rings. The molecule has 5 rings (SSSR count). The number of likely N-dealkylation sites (N-methyl/N-ethyl adjacent to an activating group) is 1.